The van der Waals surface area contributed by atoms with Gasteiger partial charge in [0.1, 0.15) is 0 Å². The molecule has 1 fully saturated rings. The molecule has 7 nitrogen and oxygen atoms in total. The van der Waals surface area contributed by atoms with Crippen molar-refractivity contribution in [1.29, 1.82) is 0 Å². The molecule has 2 aliphatic rings. The maximum absolute atomic E-state index is 12.9. The van der Waals surface area contributed by atoms with Crippen molar-refractivity contribution >= 4 is 28.9 Å². The largest absolute Gasteiger partial charge is 0.379 e. The summed E-state index contributed by atoms with van der Waals surface area (Å²) in [5, 5.41) is 8.75. The van der Waals surface area contributed by atoms with Crippen LogP contribution in [0.3, 0.4) is 0 Å². The fraction of sp³-hybridized carbons (Fsp3) is 0.478. The molecule has 1 amide bonds. The summed E-state index contributed by atoms with van der Waals surface area (Å²) in [6.45, 7) is 5.07. The molecular formula is C23H31N5O2S. The quantitative estimate of drug-likeness (QED) is 0.532. The van der Waals surface area contributed by atoms with E-state index in [1.807, 2.05) is 23.1 Å². The minimum atomic E-state index is 0.0677. The highest BCUT2D eigenvalue weighted by molar-refractivity contribution is 7.10. The van der Waals surface area contributed by atoms with Crippen LogP contribution < -0.4 is 15.5 Å². The van der Waals surface area contributed by atoms with Crippen molar-refractivity contribution in [2.75, 3.05) is 57.9 Å². The zero-order valence-corrected chi connectivity index (χ0v) is 18.9. The molecule has 8 heteroatoms. The second kappa shape index (κ2) is 10.7. The van der Waals surface area contributed by atoms with Gasteiger partial charge in [-0.05, 0) is 35.9 Å². The van der Waals surface area contributed by atoms with E-state index in [1.165, 1.54) is 10.4 Å². The Labute approximate surface area is 188 Å². The van der Waals surface area contributed by atoms with Crippen molar-refractivity contribution in [2.24, 2.45) is 4.99 Å². The molecule has 0 bridgehead atoms. The monoisotopic (exact) mass is 441 g/mol. The lowest BCUT2D eigenvalue weighted by atomic mass is 10.0. The number of rotatable bonds is 6. The van der Waals surface area contributed by atoms with Crippen LogP contribution in [-0.4, -0.2) is 69.8 Å². The molecule has 0 radical (unpaired) electrons. The number of carbonyl (C=O) groups excluding carboxylic acids is 1. The predicted octanol–water partition coefficient (Wildman–Crippen LogP) is 2.27. The molecule has 2 N–H and O–H groups in total. The van der Waals surface area contributed by atoms with Gasteiger partial charge in [0.05, 0.1) is 25.8 Å². The van der Waals surface area contributed by atoms with Gasteiger partial charge in [-0.1, -0.05) is 24.3 Å². The van der Waals surface area contributed by atoms with Crippen LogP contribution in [0.15, 0.2) is 46.8 Å². The van der Waals surface area contributed by atoms with Crippen LogP contribution in [0, 0.1) is 0 Å². The first-order valence-corrected chi connectivity index (χ1v) is 11.8. The number of hydrogen-bond donors (Lipinski definition) is 2. The van der Waals surface area contributed by atoms with Crippen LogP contribution in [0.5, 0.6) is 0 Å². The Kier molecular flexibility index (Phi) is 7.56. The summed E-state index contributed by atoms with van der Waals surface area (Å²) in [4.78, 5) is 22.9. The van der Waals surface area contributed by atoms with Gasteiger partial charge in [0.25, 0.3) is 0 Å². The summed E-state index contributed by atoms with van der Waals surface area (Å²) in [5.41, 5.74) is 2.28. The molecular weight excluding hydrogens is 410 g/mol. The summed E-state index contributed by atoms with van der Waals surface area (Å²) >= 11 is 1.77. The number of morpholine rings is 1. The second-order valence-electron chi connectivity index (χ2n) is 7.76. The Bertz CT molecular complexity index is 880. The van der Waals surface area contributed by atoms with E-state index in [0.29, 0.717) is 5.96 Å². The van der Waals surface area contributed by atoms with Gasteiger partial charge in [0.2, 0.25) is 5.91 Å². The Hall–Kier alpha value is -2.42. The number of nitrogens with zero attached hydrogens (tertiary/aromatic N) is 3. The van der Waals surface area contributed by atoms with Gasteiger partial charge in [-0.2, -0.15) is 0 Å². The molecule has 31 heavy (non-hydrogen) atoms. The third kappa shape index (κ3) is 5.44. The van der Waals surface area contributed by atoms with Crippen molar-refractivity contribution in [3.05, 3.63) is 52.2 Å². The Morgan fingerprint density at radius 2 is 2.00 bits per heavy atom. The first kappa shape index (κ1) is 21.8. The van der Waals surface area contributed by atoms with Gasteiger partial charge in [-0.25, -0.2) is 0 Å². The summed E-state index contributed by atoms with van der Waals surface area (Å²) in [5.74, 6) is 0.714. The minimum absolute atomic E-state index is 0.0677. The predicted molar refractivity (Wildman–Crippen MR) is 126 cm³/mol. The summed E-state index contributed by atoms with van der Waals surface area (Å²) in [7, 11) is 1.74. The number of ether oxygens (including phenoxy) is 1. The van der Waals surface area contributed by atoms with Crippen molar-refractivity contribution in [1.82, 2.24) is 15.5 Å². The molecule has 166 valence electrons. The number of nitrogens with one attached hydrogen (secondary N) is 2. The Morgan fingerprint density at radius 3 is 2.77 bits per heavy atom. The number of hydrogen-bond acceptors (Lipinski definition) is 5. The fourth-order valence-electron chi connectivity index (χ4n) is 4.24. The average molecular weight is 442 g/mol. The summed E-state index contributed by atoms with van der Waals surface area (Å²) < 4.78 is 5.52. The molecule has 2 aromatic rings. The smallest absolute Gasteiger partial charge is 0.246 e. The lowest BCUT2D eigenvalue weighted by molar-refractivity contribution is -0.117. The maximum atomic E-state index is 12.9. The molecule has 1 aromatic carbocycles. The number of anilines is 1. The topological polar surface area (TPSA) is 69.2 Å². The van der Waals surface area contributed by atoms with Gasteiger partial charge in [0.15, 0.2) is 5.96 Å². The zero-order valence-electron chi connectivity index (χ0n) is 18.0. The van der Waals surface area contributed by atoms with Crippen LogP contribution in [0.2, 0.25) is 0 Å². The molecule has 0 spiro atoms. The van der Waals surface area contributed by atoms with E-state index >= 15 is 0 Å². The molecule has 0 aliphatic carbocycles. The highest BCUT2D eigenvalue weighted by Gasteiger charge is 2.25. The van der Waals surface area contributed by atoms with E-state index < -0.39 is 0 Å². The number of carbonyl (C=O) groups is 1. The Balaban J connectivity index is 1.33. The highest BCUT2D eigenvalue weighted by atomic mass is 32.1. The van der Waals surface area contributed by atoms with Gasteiger partial charge in [-0.3, -0.25) is 14.7 Å². The lowest BCUT2D eigenvalue weighted by Gasteiger charge is -2.34. The fourth-order valence-corrected chi connectivity index (χ4v) is 5.10. The molecule has 1 saturated heterocycles. The van der Waals surface area contributed by atoms with E-state index in [1.54, 1.807) is 18.4 Å². The highest BCUT2D eigenvalue weighted by Crippen LogP contribution is 2.27. The molecule has 2 aliphatic heterocycles. The molecule has 1 atom stereocenters. The van der Waals surface area contributed by atoms with Gasteiger partial charge in [-0.15, -0.1) is 11.3 Å². The first-order valence-electron chi connectivity index (χ1n) is 10.9. The van der Waals surface area contributed by atoms with Crippen LogP contribution in [0.4, 0.5) is 5.69 Å². The third-order valence-electron chi connectivity index (χ3n) is 5.86. The standard InChI is InChI=1S/C23H31N5O2S/c1-24-23(25-16-20(21-9-5-15-31-21)27-11-13-30-14-12-27)26-17-22(29)28-10-4-7-18-6-2-3-8-19(18)28/h2-3,5-6,8-9,15,20H,4,7,10-14,16-17H2,1H3,(H2,24,25,26). The maximum Gasteiger partial charge on any atom is 0.246 e. The Morgan fingerprint density at radius 1 is 1.16 bits per heavy atom. The zero-order chi connectivity index (χ0) is 21.5. The molecule has 3 heterocycles. The minimum Gasteiger partial charge on any atom is -0.379 e. The summed E-state index contributed by atoms with van der Waals surface area (Å²) in [6, 6.07) is 12.7. The van der Waals surface area contributed by atoms with Crippen LogP contribution in [0.1, 0.15) is 22.9 Å². The van der Waals surface area contributed by atoms with Crippen molar-refractivity contribution in [3.63, 3.8) is 0 Å². The van der Waals surface area contributed by atoms with Crippen molar-refractivity contribution in [3.8, 4) is 0 Å². The van der Waals surface area contributed by atoms with Crippen LogP contribution >= 0.6 is 11.3 Å². The average Bonchev–Trinajstić information content (AvgIpc) is 3.36. The first-order chi connectivity index (χ1) is 15.3. The molecule has 1 aromatic heterocycles. The van der Waals surface area contributed by atoms with E-state index in [2.05, 4.69) is 44.1 Å². The van der Waals surface area contributed by atoms with Crippen molar-refractivity contribution in [2.45, 2.75) is 18.9 Å². The molecule has 4 rings (SSSR count). The number of thiophene rings is 1. The lowest BCUT2D eigenvalue weighted by Crippen LogP contribution is -2.48. The normalized spacial score (nSPS) is 18.4. The number of para-hydroxylation sites is 1. The van der Waals surface area contributed by atoms with E-state index in [9.17, 15) is 4.79 Å². The van der Waals surface area contributed by atoms with Gasteiger partial charge < -0.3 is 20.3 Å². The number of benzene rings is 1. The number of guanidine groups is 1. The van der Waals surface area contributed by atoms with Gasteiger partial charge >= 0.3 is 0 Å². The number of aryl methyl sites for hydroxylation is 1. The van der Waals surface area contributed by atoms with E-state index in [4.69, 9.17) is 4.74 Å². The SMILES string of the molecule is CN=C(NCC(=O)N1CCCc2ccccc21)NCC(c1cccs1)N1CCOCC1. The number of fused-ring (bicyclic) bond motifs is 1. The number of aliphatic imine (C=N–C) groups is 1. The van der Waals surface area contributed by atoms with Crippen LogP contribution in [0.25, 0.3) is 0 Å². The number of amides is 1. The molecule has 1 unspecified atom stereocenters. The van der Waals surface area contributed by atoms with E-state index in [0.717, 1.165) is 57.9 Å². The summed E-state index contributed by atoms with van der Waals surface area (Å²) in [6.07, 6.45) is 2.03. The van der Waals surface area contributed by atoms with E-state index in [-0.39, 0.29) is 18.5 Å². The third-order valence-corrected chi connectivity index (χ3v) is 6.84. The van der Waals surface area contributed by atoms with Crippen LogP contribution in [-0.2, 0) is 16.0 Å². The second-order valence-corrected chi connectivity index (χ2v) is 8.74. The van der Waals surface area contributed by atoms with Crippen molar-refractivity contribution < 1.29 is 9.53 Å². The molecule has 0 saturated carbocycles. The van der Waals surface area contributed by atoms with Gasteiger partial charge in [0, 0.05) is 43.8 Å².